The average molecular weight is 334 g/mol. The SMILES string of the molecule is O=C(N[C@@H]1CCc2c(F)cc(Cl)cc21)c1cccc2c1OCO2. The molecular weight excluding hydrogens is 321 g/mol. The molecule has 23 heavy (non-hydrogen) atoms. The minimum absolute atomic E-state index is 0.104. The lowest BCUT2D eigenvalue weighted by Gasteiger charge is -2.15. The van der Waals surface area contributed by atoms with Crippen LogP contribution in [0.25, 0.3) is 0 Å². The van der Waals surface area contributed by atoms with Crippen molar-refractivity contribution in [1.82, 2.24) is 5.32 Å². The Hall–Kier alpha value is -2.27. The molecule has 0 saturated heterocycles. The minimum Gasteiger partial charge on any atom is -0.454 e. The zero-order valence-electron chi connectivity index (χ0n) is 12.1. The number of carbonyl (C=O) groups is 1. The molecule has 0 bridgehead atoms. The van der Waals surface area contributed by atoms with E-state index in [4.69, 9.17) is 21.1 Å². The van der Waals surface area contributed by atoms with Gasteiger partial charge in [-0.25, -0.2) is 4.39 Å². The fourth-order valence-corrected chi connectivity index (χ4v) is 3.35. The predicted octanol–water partition coefficient (Wildman–Crippen LogP) is 3.63. The van der Waals surface area contributed by atoms with Gasteiger partial charge in [0.05, 0.1) is 11.6 Å². The fourth-order valence-electron chi connectivity index (χ4n) is 3.14. The highest BCUT2D eigenvalue weighted by Crippen LogP contribution is 2.38. The van der Waals surface area contributed by atoms with Gasteiger partial charge in [0.15, 0.2) is 11.5 Å². The molecule has 2 aromatic carbocycles. The molecule has 1 amide bonds. The smallest absolute Gasteiger partial charge is 0.255 e. The van der Waals surface area contributed by atoms with E-state index >= 15 is 0 Å². The summed E-state index contributed by atoms with van der Waals surface area (Å²) in [6.45, 7) is 0.104. The second-order valence-corrected chi connectivity index (χ2v) is 6.00. The van der Waals surface area contributed by atoms with Crippen LogP contribution >= 0.6 is 11.6 Å². The van der Waals surface area contributed by atoms with E-state index in [2.05, 4.69) is 5.32 Å². The van der Waals surface area contributed by atoms with Crippen LogP contribution in [0.4, 0.5) is 4.39 Å². The molecule has 1 aliphatic carbocycles. The summed E-state index contributed by atoms with van der Waals surface area (Å²) in [4.78, 5) is 12.6. The van der Waals surface area contributed by atoms with E-state index in [0.29, 0.717) is 40.5 Å². The summed E-state index contributed by atoms with van der Waals surface area (Å²) in [6, 6.07) is 7.92. The lowest BCUT2D eigenvalue weighted by molar-refractivity contribution is 0.0932. The van der Waals surface area contributed by atoms with Crippen molar-refractivity contribution in [2.24, 2.45) is 0 Å². The summed E-state index contributed by atoms with van der Waals surface area (Å²) in [7, 11) is 0. The molecule has 1 N–H and O–H groups in total. The van der Waals surface area contributed by atoms with Crippen LogP contribution in [0.1, 0.15) is 33.9 Å². The number of rotatable bonds is 2. The minimum atomic E-state index is -0.318. The van der Waals surface area contributed by atoms with Gasteiger partial charge in [-0.15, -0.1) is 0 Å². The van der Waals surface area contributed by atoms with Gasteiger partial charge in [0, 0.05) is 5.02 Å². The molecule has 2 aromatic rings. The lowest BCUT2D eigenvalue weighted by atomic mass is 10.1. The highest BCUT2D eigenvalue weighted by Gasteiger charge is 2.29. The molecule has 0 fully saturated rings. The van der Waals surface area contributed by atoms with Gasteiger partial charge in [0.2, 0.25) is 6.79 Å². The van der Waals surface area contributed by atoms with Crippen molar-refractivity contribution in [1.29, 1.82) is 0 Å². The van der Waals surface area contributed by atoms with E-state index in [1.54, 1.807) is 24.3 Å². The molecule has 118 valence electrons. The third-order valence-electron chi connectivity index (χ3n) is 4.20. The lowest BCUT2D eigenvalue weighted by Crippen LogP contribution is -2.27. The molecular formula is C17H13ClFNO3. The van der Waals surface area contributed by atoms with Crippen molar-refractivity contribution >= 4 is 17.5 Å². The van der Waals surface area contributed by atoms with Gasteiger partial charge in [0.25, 0.3) is 5.91 Å². The monoisotopic (exact) mass is 333 g/mol. The maximum atomic E-state index is 13.9. The molecule has 1 atom stereocenters. The molecule has 0 aromatic heterocycles. The fraction of sp³-hybridized carbons (Fsp3) is 0.235. The van der Waals surface area contributed by atoms with Crippen LogP contribution in [0.2, 0.25) is 5.02 Å². The Bertz CT molecular complexity index is 809. The number of carbonyl (C=O) groups excluding carboxylic acids is 1. The van der Waals surface area contributed by atoms with E-state index < -0.39 is 0 Å². The standard InChI is InChI=1S/C17H13ClFNO3/c18-9-6-12-10(13(19)7-9)4-5-14(12)20-17(21)11-2-1-3-15-16(11)23-8-22-15/h1-3,6-7,14H,4-5,8H2,(H,20,21)/t14-/m1/s1. The Balaban J connectivity index is 1.62. The van der Waals surface area contributed by atoms with Gasteiger partial charge < -0.3 is 14.8 Å². The predicted molar refractivity (Wildman–Crippen MR) is 82.5 cm³/mol. The summed E-state index contributed by atoms with van der Waals surface area (Å²) < 4.78 is 24.6. The van der Waals surface area contributed by atoms with Crippen LogP contribution in [0, 0.1) is 5.82 Å². The maximum Gasteiger partial charge on any atom is 0.255 e. The molecule has 1 heterocycles. The van der Waals surface area contributed by atoms with Crippen LogP contribution < -0.4 is 14.8 Å². The van der Waals surface area contributed by atoms with Crippen molar-refractivity contribution in [3.8, 4) is 11.5 Å². The highest BCUT2D eigenvalue weighted by molar-refractivity contribution is 6.30. The second-order valence-electron chi connectivity index (χ2n) is 5.56. The van der Waals surface area contributed by atoms with Crippen molar-refractivity contribution in [2.45, 2.75) is 18.9 Å². The molecule has 0 spiro atoms. The molecule has 0 saturated carbocycles. The molecule has 1 aliphatic heterocycles. The Morgan fingerprint density at radius 2 is 2.17 bits per heavy atom. The number of benzene rings is 2. The summed E-state index contributed by atoms with van der Waals surface area (Å²) in [5.74, 6) is 0.409. The first-order valence-electron chi connectivity index (χ1n) is 7.31. The van der Waals surface area contributed by atoms with Gasteiger partial charge in [0.1, 0.15) is 5.82 Å². The third-order valence-corrected chi connectivity index (χ3v) is 4.42. The van der Waals surface area contributed by atoms with Crippen molar-refractivity contribution in [2.75, 3.05) is 6.79 Å². The van der Waals surface area contributed by atoms with Crippen LogP contribution in [-0.2, 0) is 6.42 Å². The van der Waals surface area contributed by atoms with E-state index in [9.17, 15) is 9.18 Å². The largest absolute Gasteiger partial charge is 0.454 e. The normalized spacial score (nSPS) is 17.9. The maximum absolute atomic E-state index is 13.9. The quantitative estimate of drug-likeness (QED) is 0.913. The summed E-state index contributed by atoms with van der Waals surface area (Å²) >= 11 is 5.93. The van der Waals surface area contributed by atoms with Gasteiger partial charge in [-0.3, -0.25) is 4.79 Å². The molecule has 0 unspecified atom stereocenters. The van der Waals surface area contributed by atoms with Crippen LogP contribution in [0.15, 0.2) is 30.3 Å². The second kappa shape index (κ2) is 5.42. The first kappa shape index (κ1) is 14.3. The number of ether oxygens (including phenoxy) is 2. The number of para-hydroxylation sites is 1. The van der Waals surface area contributed by atoms with E-state index in [-0.39, 0.29) is 24.6 Å². The van der Waals surface area contributed by atoms with Gasteiger partial charge >= 0.3 is 0 Å². The third kappa shape index (κ3) is 2.41. The highest BCUT2D eigenvalue weighted by atomic mass is 35.5. The number of fused-ring (bicyclic) bond motifs is 2. The number of amides is 1. The zero-order chi connectivity index (χ0) is 16.0. The van der Waals surface area contributed by atoms with Crippen molar-refractivity contribution in [3.05, 3.63) is 57.9 Å². The van der Waals surface area contributed by atoms with Gasteiger partial charge in [-0.05, 0) is 48.2 Å². The van der Waals surface area contributed by atoms with Gasteiger partial charge in [-0.2, -0.15) is 0 Å². The average Bonchev–Trinajstić information content (AvgIpc) is 3.14. The summed E-state index contributed by atoms with van der Waals surface area (Å²) in [5.41, 5.74) is 1.78. The molecule has 4 nitrogen and oxygen atoms in total. The van der Waals surface area contributed by atoms with Crippen molar-refractivity contribution < 1.29 is 18.7 Å². The molecule has 6 heteroatoms. The van der Waals surface area contributed by atoms with Crippen molar-refractivity contribution in [3.63, 3.8) is 0 Å². The first-order chi connectivity index (χ1) is 11.1. The Labute approximate surface area is 137 Å². The van der Waals surface area contributed by atoms with E-state index in [1.165, 1.54) is 6.07 Å². The Morgan fingerprint density at radius 3 is 3.04 bits per heavy atom. The zero-order valence-corrected chi connectivity index (χ0v) is 12.8. The summed E-state index contributed by atoms with van der Waals surface area (Å²) in [5, 5.41) is 3.27. The molecule has 2 aliphatic rings. The topological polar surface area (TPSA) is 47.6 Å². The summed E-state index contributed by atoms with van der Waals surface area (Å²) in [6.07, 6.45) is 1.22. The number of halogens is 2. The number of hydrogen-bond acceptors (Lipinski definition) is 3. The number of nitrogens with one attached hydrogen (secondary N) is 1. The molecule has 0 radical (unpaired) electrons. The van der Waals surface area contributed by atoms with Crippen LogP contribution in [0.3, 0.4) is 0 Å². The molecule has 4 rings (SSSR count). The van der Waals surface area contributed by atoms with Gasteiger partial charge in [-0.1, -0.05) is 17.7 Å². The first-order valence-corrected chi connectivity index (χ1v) is 7.68. The number of hydrogen-bond donors (Lipinski definition) is 1. The van der Waals surface area contributed by atoms with Crippen LogP contribution in [0.5, 0.6) is 11.5 Å². The van der Waals surface area contributed by atoms with E-state index in [1.807, 2.05) is 0 Å². The van der Waals surface area contributed by atoms with Crippen LogP contribution in [-0.4, -0.2) is 12.7 Å². The Kier molecular flexibility index (Phi) is 3.38. The Morgan fingerprint density at radius 1 is 1.30 bits per heavy atom. The van der Waals surface area contributed by atoms with E-state index in [0.717, 1.165) is 5.56 Å².